The molecule has 21 heavy (non-hydrogen) atoms. The van der Waals surface area contributed by atoms with Crippen LogP contribution in [0.15, 0.2) is 0 Å². The molecule has 1 aliphatic carbocycles. The molecule has 1 unspecified atom stereocenters. The maximum absolute atomic E-state index is 12.7. The molecule has 1 fully saturated rings. The molecule has 0 saturated heterocycles. The van der Waals surface area contributed by atoms with Crippen molar-refractivity contribution in [3.63, 3.8) is 0 Å². The molecule has 0 aliphatic heterocycles. The third-order valence-electron chi connectivity index (χ3n) is 4.85. The summed E-state index contributed by atoms with van der Waals surface area (Å²) >= 11 is 0. The number of carbonyl (C=O) groups is 2. The number of ketones is 1. The van der Waals surface area contributed by atoms with Crippen molar-refractivity contribution >= 4 is 11.8 Å². The number of hydrogen-bond donors (Lipinski definition) is 0. The Morgan fingerprint density at radius 2 is 1.67 bits per heavy atom. The third-order valence-corrected chi connectivity index (χ3v) is 4.85. The molecule has 0 aromatic heterocycles. The van der Waals surface area contributed by atoms with Gasteiger partial charge in [0.25, 0.3) is 0 Å². The van der Waals surface area contributed by atoms with Crippen molar-refractivity contribution in [2.24, 2.45) is 23.2 Å². The van der Waals surface area contributed by atoms with E-state index in [4.69, 9.17) is 4.74 Å². The molecular weight excluding hydrogens is 264 g/mol. The molecular formula is C18H32O3. The monoisotopic (exact) mass is 296 g/mol. The molecule has 0 radical (unpaired) electrons. The van der Waals surface area contributed by atoms with E-state index in [0.29, 0.717) is 24.4 Å². The minimum absolute atomic E-state index is 0.0598. The summed E-state index contributed by atoms with van der Waals surface area (Å²) in [5.41, 5.74) is 0.317. The highest BCUT2D eigenvalue weighted by atomic mass is 16.5. The molecule has 1 aliphatic rings. The molecule has 0 heterocycles. The van der Waals surface area contributed by atoms with Gasteiger partial charge in [-0.2, -0.15) is 0 Å². The van der Waals surface area contributed by atoms with E-state index in [1.807, 2.05) is 6.92 Å². The Morgan fingerprint density at radius 1 is 1.10 bits per heavy atom. The average Bonchev–Trinajstić information content (AvgIpc) is 2.43. The van der Waals surface area contributed by atoms with Crippen LogP contribution in [0.5, 0.6) is 0 Å². The van der Waals surface area contributed by atoms with Gasteiger partial charge < -0.3 is 4.74 Å². The van der Waals surface area contributed by atoms with Gasteiger partial charge in [-0.25, -0.2) is 0 Å². The Labute approximate surface area is 129 Å². The summed E-state index contributed by atoms with van der Waals surface area (Å²) in [6.45, 7) is 11.0. The van der Waals surface area contributed by atoms with E-state index in [0.717, 1.165) is 32.1 Å². The van der Waals surface area contributed by atoms with Crippen LogP contribution >= 0.6 is 0 Å². The predicted octanol–water partition coefficient (Wildman–Crippen LogP) is 4.39. The zero-order valence-corrected chi connectivity index (χ0v) is 14.4. The van der Waals surface area contributed by atoms with Crippen LogP contribution in [0.25, 0.3) is 0 Å². The van der Waals surface area contributed by atoms with Gasteiger partial charge in [0.15, 0.2) is 0 Å². The Hall–Kier alpha value is -0.860. The average molecular weight is 296 g/mol. The lowest BCUT2D eigenvalue weighted by Gasteiger charge is -2.37. The summed E-state index contributed by atoms with van der Waals surface area (Å²) in [6, 6.07) is 0. The SMILES string of the molecule is CCCC(C(=O)OCC)C(=O)C1CCC(C(C)(C)C)CC1. The van der Waals surface area contributed by atoms with E-state index in [1.165, 1.54) is 0 Å². The zero-order chi connectivity index (χ0) is 16.0. The van der Waals surface area contributed by atoms with Crippen LogP contribution in [0.2, 0.25) is 0 Å². The zero-order valence-electron chi connectivity index (χ0n) is 14.4. The van der Waals surface area contributed by atoms with E-state index in [-0.39, 0.29) is 17.7 Å². The van der Waals surface area contributed by atoms with Crippen LogP contribution < -0.4 is 0 Å². The summed E-state index contributed by atoms with van der Waals surface area (Å²) in [4.78, 5) is 24.7. The van der Waals surface area contributed by atoms with Gasteiger partial charge in [-0.15, -0.1) is 0 Å². The first-order chi connectivity index (χ1) is 9.81. The molecule has 3 nitrogen and oxygen atoms in total. The van der Waals surface area contributed by atoms with Crippen molar-refractivity contribution in [2.75, 3.05) is 6.61 Å². The fourth-order valence-corrected chi connectivity index (χ4v) is 3.44. The first-order valence-electron chi connectivity index (χ1n) is 8.51. The van der Waals surface area contributed by atoms with Gasteiger partial charge in [0.2, 0.25) is 0 Å². The molecule has 1 rings (SSSR count). The molecule has 1 atom stereocenters. The Kier molecular flexibility index (Phi) is 6.89. The van der Waals surface area contributed by atoms with Crippen molar-refractivity contribution in [3.8, 4) is 0 Å². The summed E-state index contributed by atoms with van der Waals surface area (Å²) in [5.74, 6) is 0.0226. The van der Waals surface area contributed by atoms with Crippen molar-refractivity contribution in [1.82, 2.24) is 0 Å². The van der Waals surface area contributed by atoms with Gasteiger partial charge in [-0.1, -0.05) is 34.1 Å². The van der Waals surface area contributed by atoms with Gasteiger partial charge in [-0.05, 0) is 50.4 Å². The van der Waals surface area contributed by atoms with Crippen LogP contribution in [0.4, 0.5) is 0 Å². The largest absolute Gasteiger partial charge is 0.465 e. The highest BCUT2D eigenvalue weighted by molar-refractivity contribution is 6.00. The Balaban J connectivity index is 2.63. The second-order valence-corrected chi connectivity index (χ2v) is 7.41. The third kappa shape index (κ3) is 5.12. The van der Waals surface area contributed by atoms with E-state index < -0.39 is 5.92 Å². The fourth-order valence-electron chi connectivity index (χ4n) is 3.44. The van der Waals surface area contributed by atoms with E-state index in [1.54, 1.807) is 6.92 Å². The summed E-state index contributed by atoms with van der Waals surface area (Å²) in [6.07, 6.45) is 5.52. The van der Waals surface area contributed by atoms with Gasteiger partial charge in [0, 0.05) is 5.92 Å². The minimum Gasteiger partial charge on any atom is -0.465 e. The van der Waals surface area contributed by atoms with Crippen LogP contribution in [0, 0.1) is 23.2 Å². The molecule has 0 bridgehead atoms. The first kappa shape index (κ1) is 18.2. The number of hydrogen-bond acceptors (Lipinski definition) is 3. The van der Waals surface area contributed by atoms with Gasteiger partial charge in [0.1, 0.15) is 11.7 Å². The second kappa shape index (κ2) is 7.95. The number of esters is 1. The Bertz CT molecular complexity index is 346. The normalized spacial score (nSPS) is 24.4. The van der Waals surface area contributed by atoms with Crippen LogP contribution in [-0.4, -0.2) is 18.4 Å². The number of Topliss-reactive ketones (excluding diaryl/α,β-unsaturated/α-hetero) is 1. The van der Waals surface area contributed by atoms with Gasteiger partial charge in [0.05, 0.1) is 6.61 Å². The van der Waals surface area contributed by atoms with Gasteiger partial charge >= 0.3 is 5.97 Å². The highest BCUT2D eigenvalue weighted by Crippen LogP contribution is 2.40. The number of carbonyl (C=O) groups excluding carboxylic acids is 2. The summed E-state index contributed by atoms with van der Waals surface area (Å²) in [7, 11) is 0. The van der Waals surface area contributed by atoms with Crippen LogP contribution in [0.3, 0.4) is 0 Å². The number of rotatable bonds is 6. The molecule has 0 spiro atoms. The maximum Gasteiger partial charge on any atom is 0.316 e. The lowest BCUT2D eigenvalue weighted by atomic mass is 9.68. The van der Waals surface area contributed by atoms with Crippen molar-refractivity contribution < 1.29 is 14.3 Å². The first-order valence-corrected chi connectivity index (χ1v) is 8.51. The van der Waals surface area contributed by atoms with E-state index in [2.05, 4.69) is 20.8 Å². The number of ether oxygens (including phenoxy) is 1. The van der Waals surface area contributed by atoms with E-state index >= 15 is 0 Å². The fraction of sp³-hybridized carbons (Fsp3) is 0.889. The quantitative estimate of drug-likeness (QED) is 0.539. The molecule has 3 heteroatoms. The lowest BCUT2D eigenvalue weighted by Crippen LogP contribution is -2.35. The minimum atomic E-state index is -0.536. The van der Waals surface area contributed by atoms with E-state index in [9.17, 15) is 9.59 Å². The predicted molar refractivity (Wildman–Crippen MR) is 84.9 cm³/mol. The molecule has 0 aromatic rings. The second-order valence-electron chi connectivity index (χ2n) is 7.41. The molecule has 122 valence electrons. The standard InChI is InChI=1S/C18H32O3/c1-6-8-15(17(20)21-7-2)16(19)13-9-11-14(12-10-13)18(3,4)5/h13-15H,6-12H2,1-5H3. The maximum atomic E-state index is 12.7. The smallest absolute Gasteiger partial charge is 0.316 e. The molecule has 0 N–H and O–H groups in total. The highest BCUT2D eigenvalue weighted by Gasteiger charge is 2.37. The topological polar surface area (TPSA) is 43.4 Å². The summed E-state index contributed by atoms with van der Waals surface area (Å²) < 4.78 is 5.08. The summed E-state index contributed by atoms with van der Waals surface area (Å²) in [5, 5.41) is 0. The molecule has 1 saturated carbocycles. The van der Waals surface area contributed by atoms with Crippen LogP contribution in [0.1, 0.15) is 73.1 Å². The van der Waals surface area contributed by atoms with Gasteiger partial charge in [-0.3, -0.25) is 9.59 Å². The van der Waals surface area contributed by atoms with Crippen LogP contribution in [-0.2, 0) is 14.3 Å². The van der Waals surface area contributed by atoms with Crippen molar-refractivity contribution in [1.29, 1.82) is 0 Å². The lowest BCUT2D eigenvalue weighted by molar-refractivity contribution is -0.153. The van der Waals surface area contributed by atoms with Crippen molar-refractivity contribution in [2.45, 2.75) is 73.1 Å². The Morgan fingerprint density at radius 3 is 2.10 bits per heavy atom. The molecule has 0 amide bonds. The van der Waals surface area contributed by atoms with Crippen molar-refractivity contribution in [3.05, 3.63) is 0 Å². The molecule has 0 aromatic carbocycles.